The number of ether oxygens (including phenoxy) is 2. The third-order valence-corrected chi connectivity index (χ3v) is 5.16. The lowest BCUT2D eigenvalue weighted by atomic mass is 9.82. The van der Waals surface area contributed by atoms with Crippen LogP contribution in [0.15, 0.2) is 48.7 Å². The van der Waals surface area contributed by atoms with Gasteiger partial charge in [0.15, 0.2) is 0 Å². The minimum Gasteiger partial charge on any atom is -0.466 e. The highest BCUT2D eigenvalue weighted by Crippen LogP contribution is 2.38. The number of imidazole rings is 1. The molecule has 182 valence electrons. The lowest BCUT2D eigenvalue weighted by molar-refractivity contribution is -0.146. The van der Waals surface area contributed by atoms with Gasteiger partial charge in [-0.25, -0.2) is 4.98 Å². The number of aromatic nitrogens is 2. The molecule has 1 aromatic carbocycles. The van der Waals surface area contributed by atoms with Gasteiger partial charge in [-0.05, 0) is 56.9 Å². The van der Waals surface area contributed by atoms with Crippen LogP contribution in [0.4, 0.5) is 5.82 Å². The van der Waals surface area contributed by atoms with Gasteiger partial charge in [0.25, 0.3) is 0 Å². The van der Waals surface area contributed by atoms with E-state index >= 15 is 0 Å². The molecular formula is C27H35N3O4. The van der Waals surface area contributed by atoms with Gasteiger partial charge in [-0.1, -0.05) is 39.0 Å². The molecule has 3 aromatic rings. The van der Waals surface area contributed by atoms with E-state index in [1.54, 1.807) is 13.0 Å². The molecule has 0 radical (unpaired) electrons. The lowest BCUT2D eigenvalue weighted by Crippen LogP contribution is -2.36. The number of nitrogens with one attached hydrogen (secondary N) is 1. The zero-order valence-corrected chi connectivity index (χ0v) is 21.0. The number of rotatable bonds is 9. The zero-order chi connectivity index (χ0) is 24.9. The van der Waals surface area contributed by atoms with Crippen molar-refractivity contribution in [3.63, 3.8) is 0 Å². The van der Waals surface area contributed by atoms with Crippen LogP contribution in [0.1, 0.15) is 60.8 Å². The topological polar surface area (TPSA) is 81.9 Å². The highest BCUT2D eigenvalue weighted by molar-refractivity contribution is 5.84. The van der Waals surface area contributed by atoms with E-state index in [-0.39, 0.29) is 30.4 Å². The minimum atomic E-state index is -0.494. The summed E-state index contributed by atoms with van der Waals surface area (Å²) in [6, 6.07) is 13.2. The van der Waals surface area contributed by atoms with Gasteiger partial charge in [0.05, 0.1) is 19.4 Å². The standard InChI is InChI=1S/C27H35N3O4/c1-7-33-22(31)15-16-23(32)34-20-13-9-8-12-19(20)24-25(29-27(5,6)18-26(2,3)4)30-17-11-10-14-21(30)28-24/h8-14,17,29H,7,15-16,18H2,1-6H3. The fraction of sp³-hybridized carbons (Fsp3) is 0.444. The Kier molecular flexibility index (Phi) is 7.64. The smallest absolute Gasteiger partial charge is 0.311 e. The van der Waals surface area contributed by atoms with Gasteiger partial charge in [0.2, 0.25) is 0 Å². The first-order chi connectivity index (χ1) is 16.0. The van der Waals surface area contributed by atoms with Crippen molar-refractivity contribution in [1.29, 1.82) is 0 Å². The summed E-state index contributed by atoms with van der Waals surface area (Å²) >= 11 is 0. The van der Waals surface area contributed by atoms with E-state index in [9.17, 15) is 9.59 Å². The highest BCUT2D eigenvalue weighted by Gasteiger charge is 2.28. The van der Waals surface area contributed by atoms with Gasteiger partial charge in [0.1, 0.15) is 22.9 Å². The van der Waals surface area contributed by atoms with Gasteiger partial charge in [-0.3, -0.25) is 14.0 Å². The van der Waals surface area contributed by atoms with Crippen LogP contribution in [0.3, 0.4) is 0 Å². The highest BCUT2D eigenvalue weighted by atomic mass is 16.5. The molecule has 2 aromatic heterocycles. The van der Waals surface area contributed by atoms with Gasteiger partial charge in [-0.2, -0.15) is 0 Å². The number of hydrogen-bond donors (Lipinski definition) is 1. The second-order valence-corrected chi connectivity index (χ2v) is 10.3. The number of carbonyl (C=O) groups excluding carboxylic acids is 2. The van der Waals surface area contributed by atoms with Crippen molar-refractivity contribution in [2.45, 2.75) is 66.3 Å². The van der Waals surface area contributed by atoms with Gasteiger partial charge in [0, 0.05) is 17.3 Å². The first kappa shape index (κ1) is 25.3. The van der Waals surface area contributed by atoms with Crippen molar-refractivity contribution in [3.8, 4) is 17.0 Å². The maximum absolute atomic E-state index is 12.5. The van der Waals surface area contributed by atoms with Gasteiger partial charge >= 0.3 is 11.9 Å². The van der Waals surface area contributed by atoms with E-state index in [2.05, 4.69) is 39.9 Å². The van der Waals surface area contributed by atoms with E-state index in [0.29, 0.717) is 17.0 Å². The molecule has 0 fully saturated rings. The van der Waals surface area contributed by atoms with Crippen molar-refractivity contribution < 1.29 is 19.1 Å². The Labute approximate surface area is 201 Å². The summed E-state index contributed by atoms with van der Waals surface area (Å²) in [5, 5.41) is 3.70. The van der Waals surface area contributed by atoms with E-state index in [0.717, 1.165) is 17.9 Å². The Balaban J connectivity index is 1.96. The molecule has 34 heavy (non-hydrogen) atoms. The molecule has 0 aliphatic carbocycles. The van der Waals surface area contributed by atoms with E-state index in [4.69, 9.17) is 14.5 Å². The number of hydrogen-bond acceptors (Lipinski definition) is 6. The molecule has 0 bridgehead atoms. The molecule has 1 N–H and O–H groups in total. The number of benzene rings is 1. The molecule has 0 amide bonds. The number of fused-ring (bicyclic) bond motifs is 1. The molecule has 0 unspecified atom stereocenters. The Morgan fingerprint density at radius 3 is 2.35 bits per heavy atom. The first-order valence-electron chi connectivity index (χ1n) is 11.7. The summed E-state index contributed by atoms with van der Waals surface area (Å²) in [4.78, 5) is 29.0. The molecular weight excluding hydrogens is 430 g/mol. The molecule has 7 heteroatoms. The summed E-state index contributed by atoms with van der Waals surface area (Å²) in [5.41, 5.74) is 2.09. The number of carbonyl (C=O) groups is 2. The van der Waals surface area contributed by atoms with Gasteiger partial charge in [-0.15, -0.1) is 0 Å². The first-order valence-corrected chi connectivity index (χ1v) is 11.7. The molecule has 0 aliphatic heterocycles. The van der Waals surface area contributed by atoms with E-state index < -0.39 is 11.9 Å². The summed E-state index contributed by atoms with van der Waals surface area (Å²) < 4.78 is 12.6. The maximum atomic E-state index is 12.5. The van der Waals surface area contributed by atoms with Crippen molar-refractivity contribution in [1.82, 2.24) is 9.38 Å². The van der Waals surface area contributed by atoms with Crippen LogP contribution in [0.2, 0.25) is 0 Å². The summed E-state index contributed by atoms with van der Waals surface area (Å²) in [6.45, 7) is 13.0. The summed E-state index contributed by atoms with van der Waals surface area (Å²) in [7, 11) is 0. The lowest BCUT2D eigenvalue weighted by Gasteiger charge is -2.34. The molecule has 0 spiro atoms. The van der Waals surface area contributed by atoms with Gasteiger partial charge < -0.3 is 14.8 Å². The third kappa shape index (κ3) is 6.59. The maximum Gasteiger partial charge on any atom is 0.311 e. The molecule has 3 rings (SSSR count). The Morgan fingerprint density at radius 2 is 1.65 bits per heavy atom. The molecule has 0 saturated heterocycles. The normalized spacial score (nSPS) is 11.9. The zero-order valence-electron chi connectivity index (χ0n) is 21.0. The Hall–Kier alpha value is -3.35. The second-order valence-electron chi connectivity index (χ2n) is 10.3. The minimum absolute atomic E-state index is 0.0169. The SMILES string of the molecule is CCOC(=O)CCC(=O)Oc1ccccc1-c1nc2ccccn2c1NC(C)(C)CC(C)(C)C. The number of anilines is 1. The average Bonchev–Trinajstić information content (AvgIpc) is 3.09. The number of para-hydroxylation sites is 1. The van der Waals surface area contributed by atoms with E-state index in [1.807, 2.05) is 47.0 Å². The third-order valence-electron chi connectivity index (χ3n) is 5.16. The quantitative estimate of drug-likeness (QED) is 0.314. The molecule has 2 heterocycles. The molecule has 7 nitrogen and oxygen atoms in total. The number of pyridine rings is 1. The fourth-order valence-electron chi connectivity index (χ4n) is 4.36. The van der Waals surface area contributed by atoms with Crippen LogP contribution in [0.25, 0.3) is 16.9 Å². The van der Waals surface area contributed by atoms with Crippen LogP contribution in [0.5, 0.6) is 5.75 Å². The van der Waals surface area contributed by atoms with Crippen LogP contribution in [-0.4, -0.2) is 33.5 Å². The van der Waals surface area contributed by atoms with Crippen LogP contribution < -0.4 is 10.1 Å². The number of esters is 2. The molecule has 0 aliphatic rings. The van der Waals surface area contributed by atoms with E-state index in [1.165, 1.54) is 0 Å². The van der Waals surface area contributed by atoms with Crippen molar-refractivity contribution in [2.75, 3.05) is 11.9 Å². The molecule has 0 saturated carbocycles. The molecule has 0 atom stereocenters. The Bertz CT molecular complexity index is 1160. The largest absolute Gasteiger partial charge is 0.466 e. The van der Waals surface area contributed by atoms with Crippen LogP contribution in [-0.2, 0) is 14.3 Å². The predicted molar refractivity (Wildman–Crippen MR) is 134 cm³/mol. The second kappa shape index (κ2) is 10.3. The monoisotopic (exact) mass is 465 g/mol. The van der Waals surface area contributed by atoms with Crippen molar-refractivity contribution in [2.24, 2.45) is 5.41 Å². The average molecular weight is 466 g/mol. The van der Waals surface area contributed by atoms with Crippen LogP contribution >= 0.6 is 0 Å². The fourth-order valence-corrected chi connectivity index (χ4v) is 4.36. The number of nitrogens with zero attached hydrogens (tertiary/aromatic N) is 2. The van der Waals surface area contributed by atoms with Crippen molar-refractivity contribution in [3.05, 3.63) is 48.7 Å². The summed E-state index contributed by atoms with van der Waals surface area (Å²) in [5.74, 6) is 0.323. The predicted octanol–water partition coefficient (Wildman–Crippen LogP) is 5.88. The summed E-state index contributed by atoms with van der Waals surface area (Å²) in [6.07, 6.45) is 2.83. The van der Waals surface area contributed by atoms with Crippen molar-refractivity contribution >= 4 is 23.4 Å². The Morgan fingerprint density at radius 1 is 0.971 bits per heavy atom. The van der Waals surface area contributed by atoms with Crippen LogP contribution in [0, 0.1) is 5.41 Å².